The molecule has 0 aliphatic rings. The number of aromatic amines is 1. The molecule has 10 aromatic rings. The molecular weight excluding hydrogens is 1610 g/mol. The molecule has 0 aliphatic heterocycles. The Kier molecular flexibility index (Phi) is 42.3. The highest BCUT2D eigenvalue weighted by molar-refractivity contribution is 5.37. The van der Waals surface area contributed by atoms with Crippen molar-refractivity contribution in [3.8, 4) is 0 Å². The van der Waals surface area contributed by atoms with Gasteiger partial charge < -0.3 is 47.3 Å². The van der Waals surface area contributed by atoms with Crippen LogP contribution in [0.5, 0.6) is 0 Å². The number of pyridine rings is 3. The fourth-order valence-corrected chi connectivity index (χ4v) is 15.3. The van der Waals surface area contributed by atoms with Crippen molar-refractivity contribution >= 4 is 0 Å². The zero-order valence-corrected chi connectivity index (χ0v) is 88.2. The minimum Gasteiger partial charge on any atom is -0.619 e. The molecule has 0 aliphatic carbocycles. The van der Waals surface area contributed by atoms with Gasteiger partial charge in [0.05, 0.1) is 11.9 Å². The zero-order chi connectivity index (χ0) is 98.6. The molecule has 10 rings (SSSR count). The zero-order valence-electron chi connectivity index (χ0n) is 88.2. The van der Waals surface area contributed by atoms with Crippen LogP contribution in [0.25, 0.3) is 0 Å². The monoisotopic (exact) mass is 1790 g/mol. The van der Waals surface area contributed by atoms with Crippen LogP contribution in [0.1, 0.15) is 394 Å². The van der Waals surface area contributed by atoms with Crippen molar-refractivity contribution < 1.29 is 14.9 Å². The van der Waals surface area contributed by atoms with E-state index in [1.165, 1.54) is 72.3 Å². The summed E-state index contributed by atoms with van der Waals surface area (Å²) in [5.41, 5.74) is 21.9. The van der Waals surface area contributed by atoms with E-state index in [1.807, 2.05) is 36.8 Å². The van der Waals surface area contributed by atoms with Crippen molar-refractivity contribution in [2.45, 2.75) is 396 Å². The van der Waals surface area contributed by atoms with Gasteiger partial charge in [0, 0.05) is 132 Å². The number of aliphatic hydroxyl groups is 2. The van der Waals surface area contributed by atoms with Crippen LogP contribution in [0.2, 0.25) is 0 Å². The summed E-state index contributed by atoms with van der Waals surface area (Å²) in [7, 11) is 0. The van der Waals surface area contributed by atoms with Crippen LogP contribution in [-0.2, 0) is 58.2 Å². The van der Waals surface area contributed by atoms with E-state index in [9.17, 15) is 10.3 Å². The number of benzene rings is 6. The second kappa shape index (κ2) is 49.1. The average Bonchev–Trinajstić information content (AvgIpc) is 1.11. The molecule has 0 unspecified atom stereocenters. The van der Waals surface area contributed by atoms with Crippen LogP contribution < -0.4 is 36.6 Å². The van der Waals surface area contributed by atoms with Gasteiger partial charge in [0.1, 0.15) is 0 Å². The maximum Gasteiger partial charge on any atom is 0.180 e. The highest BCUT2D eigenvalue weighted by Crippen LogP contribution is 2.35. The van der Waals surface area contributed by atoms with Crippen molar-refractivity contribution in [3.63, 3.8) is 0 Å². The standard InChI is InChI=1S/C21H30N2O.2C21H30N2.C18H28N4.C18H31NO.C17H29NO/c1-20(2,3)18-9-7-17(8-10-18)19(22-21(4,5)6)15-16-11-13-23(24)14-12-16;1-20(2,3)18-9-7-17(8-10-18)19(23-21(4,5)6)15-16-11-13-22-14-12-16;1-20(2,3)17-12-10-16(11-13-17)19(23-21(4,5)6)15-18-9-7-8-14-22-18;1-17(2,3)14-9-7-13(8-10-14)16(20-18(4,5)6)11-15-12-19-22-21-15;1-17(2,3)15-11-9-14(10-12-15)16(8-7-13-20)19-18(4,5)6;1-16(2,3)14-9-7-13(8-10-14)15(11-12-19)18-17(4,5)6/h7-14,19,22H,15H2,1-6H3;2*7-14,19,23H,15H2,1-6H3;7-10,12,16,20H,11H2,1-6H3,(H,19,21,22);9-12,16,19-20H,7-8,13H2,1-6H3;7-10,15,18-19H,11-12H2,1-6H3/t3*19-;2*16-;15-/m111111/s1. The molecule has 720 valence electrons. The van der Waals surface area contributed by atoms with Gasteiger partial charge in [-0.2, -0.15) is 20.1 Å². The lowest BCUT2D eigenvalue weighted by molar-refractivity contribution is -0.605. The Bertz CT molecular complexity index is 4680. The van der Waals surface area contributed by atoms with Crippen molar-refractivity contribution in [3.05, 3.63) is 320 Å². The third-order valence-corrected chi connectivity index (χ3v) is 22.3. The molecule has 6 aromatic carbocycles. The van der Waals surface area contributed by atoms with Crippen LogP contribution in [0, 0.1) is 5.21 Å². The maximum atomic E-state index is 11.2. The molecule has 131 heavy (non-hydrogen) atoms. The fourth-order valence-electron chi connectivity index (χ4n) is 15.3. The molecule has 0 spiro atoms. The first-order valence-electron chi connectivity index (χ1n) is 48.1. The van der Waals surface area contributed by atoms with E-state index in [0.717, 1.165) is 66.6 Å². The van der Waals surface area contributed by atoms with Gasteiger partial charge in [0.2, 0.25) is 0 Å². The third kappa shape index (κ3) is 44.4. The van der Waals surface area contributed by atoms with E-state index < -0.39 is 0 Å². The summed E-state index contributed by atoms with van der Waals surface area (Å²) in [4.78, 5) is 8.61. The lowest BCUT2D eigenvalue weighted by atomic mass is 9.85. The highest BCUT2D eigenvalue weighted by atomic mass is 16.5. The number of hydrogen-bond acceptors (Lipinski definition) is 13. The molecule has 4 aromatic heterocycles. The number of H-pyrrole nitrogens is 1. The van der Waals surface area contributed by atoms with Crippen LogP contribution in [0.4, 0.5) is 0 Å². The molecule has 15 heteroatoms. The number of nitrogens with one attached hydrogen (secondary N) is 7. The second-order valence-electron chi connectivity index (χ2n) is 48.3. The van der Waals surface area contributed by atoms with Gasteiger partial charge >= 0.3 is 0 Å². The highest BCUT2D eigenvalue weighted by Gasteiger charge is 2.29. The predicted molar refractivity (Wildman–Crippen MR) is 558 cm³/mol. The molecule has 15 nitrogen and oxygen atoms in total. The van der Waals surface area contributed by atoms with E-state index in [0.29, 0.717) is 12.1 Å². The molecular formula is C116H178N12O3. The van der Waals surface area contributed by atoms with Gasteiger partial charge in [-0.15, -0.1) is 0 Å². The van der Waals surface area contributed by atoms with E-state index in [1.54, 1.807) is 18.6 Å². The van der Waals surface area contributed by atoms with Gasteiger partial charge in [0.25, 0.3) is 0 Å². The Morgan fingerprint density at radius 1 is 0.290 bits per heavy atom. The molecule has 0 radical (unpaired) electrons. The summed E-state index contributed by atoms with van der Waals surface area (Å²) in [5, 5.41) is 62.5. The number of rotatable bonds is 25. The predicted octanol–water partition coefficient (Wildman–Crippen LogP) is 26.1. The molecule has 4 heterocycles. The summed E-state index contributed by atoms with van der Waals surface area (Å²) < 4.78 is 0.827. The van der Waals surface area contributed by atoms with Gasteiger partial charge in [-0.25, -0.2) is 0 Å². The minimum absolute atomic E-state index is 0.0145. The molecule has 6 atom stereocenters. The minimum atomic E-state index is 0.0145. The molecule has 0 bridgehead atoms. The van der Waals surface area contributed by atoms with Gasteiger partial charge in [-0.1, -0.05) is 276 Å². The lowest BCUT2D eigenvalue weighted by Gasteiger charge is -2.30. The number of aromatic nitrogens is 6. The number of aliphatic hydroxyl groups excluding tert-OH is 2. The summed E-state index contributed by atoms with van der Waals surface area (Å²) in [6.45, 7) is 80.1. The molecule has 0 amide bonds. The van der Waals surface area contributed by atoms with Crippen molar-refractivity contribution in [1.29, 1.82) is 0 Å². The number of nitrogens with zero attached hydrogens (tertiary/aromatic N) is 5. The van der Waals surface area contributed by atoms with Gasteiger partial charge in [0.15, 0.2) is 12.4 Å². The van der Waals surface area contributed by atoms with Crippen LogP contribution in [0.3, 0.4) is 0 Å². The van der Waals surface area contributed by atoms with Crippen LogP contribution in [-0.4, -0.2) is 82.0 Å². The normalized spacial score (nSPS) is 14.0. The third-order valence-electron chi connectivity index (χ3n) is 22.3. The van der Waals surface area contributed by atoms with Crippen LogP contribution >= 0.6 is 0 Å². The maximum absolute atomic E-state index is 11.2. The molecule has 0 saturated heterocycles. The second-order valence-corrected chi connectivity index (χ2v) is 48.3. The summed E-state index contributed by atoms with van der Waals surface area (Å²) in [6, 6.07) is 69.2. The average molecular weight is 1790 g/mol. The van der Waals surface area contributed by atoms with E-state index in [-0.39, 0.29) is 103 Å². The van der Waals surface area contributed by atoms with E-state index in [4.69, 9.17) is 5.11 Å². The first kappa shape index (κ1) is 113. The van der Waals surface area contributed by atoms with E-state index >= 15 is 0 Å². The summed E-state index contributed by atoms with van der Waals surface area (Å²) in [6.07, 6.45) is 16.6. The van der Waals surface area contributed by atoms with E-state index in [2.05, 4.69) is 476 Å². The SMILES string of the molecule is CC(C)(C)N[C@H](CCCO)c1ccc(C(C)(C)C)cc1.CC(C)(C)N[C@H](CCO)c1ccc(C(C)(C)C)cc1.CC(C)(C)N[C@H](Cc1cc[n+]([O-])cc1)c1ccc(C(C)(C)C)cc1.CC(C)(C)N[C@H](Cc1ccccn1)c1ccc(C(C)(C)C)cc1.CC(C)(C)N[C@H](Cc1ccncc1)c1ccc(C(C)(C)C)cc1.CC(C)(C)N[C@H](Cc1cn[nH]n1)c1ccc(C(C)(C)C)cc1. The lowest BCUT2D eigenvalue weighted by Crippen LogP contribution is -2.39. The van der Waals surface area contributed by atoms with Crippen molar-refractivity contribution in [2.24, 2.45) is 0 Å². The molecule has 9 N–H and O–H groups in total. The Morgan fingerprint density at radius 2 is 0.550 bits per heavy atom. The Balaban J connectivity index is 0.000000279. The Labute approximate surface area is 796 Å². The molecule has 0 saturated carbocycles. The van der Waals surface area contributed by atoms with Crippen molar-refractivity contribution in [1.82, 2.24) is 57.3 Å². The quantitative estimate of drug-likeness (QED) is 0.0193. The van der Waals surface area contributed by atoms with Gasteiger partial charge in [-0.05, 0) is 291 Å². The Morgan fingerprint density at radius 3 is 0.794 bits per heavy atom. The summed E-state index contributed by atoms with van der Waals surface area (Å²) in [5.74, 6) is 0. The fraction of sp³-hybridized carbons (Fsp3) is 0.543. The Hall–Kier alpha value is -8.61. The largest absolute Gasteiger partial charge is 0.619 e. The number of hydrogen-bond donors (Lipinski definition) is 9. The van der Waals surface area contributed by atoms with Crippen molar-refractivity contribution in [2.75, 3.05) is 13.2 Å². The first-order valence-corrected chi connectivity index (χ1v) is 48.1. The first-order chi connectivity index (χ1) is 60.3. The van der Waals surface area contributed by atoms with Gasteiger partial charge in [-0.3, -0.25) is 9.97 Å². The molecule has 0 fully saturated rings. The smallest absolute Gasteiger partial charge is 0.180 e. The summed E-state index contributed by atoms with van der Waals surface area (Å²) >= 11 is 0. The van der Waals surface area contributed by atoms with Crippen LogP contribution in [0.15, 0.2) is 225 Å². The topological polar surface area (TPSA) is 207 Å².